The summed E-state index contributed by atoms with van der Waals surface area (Å²) < 4.78 is 10.5. The lowest BCUT2D eigenvalue weighted by Crippen LogP contribution is -2.03. The predicted octanol–water partition coefficient (Wildman–Crippen LogP) is 3.21. The molecule has 0 atom stereocenters. The van der Waals surface area contributed by atoms with Crippen molar-refractivity contribution in [1.29, 1.82) is 0 Å². The molecule has 1 aromatic rings. The van der Waals surface area contributed by atoms with Gasteiger partial charge in [0.05, 0.1) is 19.8 Å². The largest absolute Gasteiger partial charge is 0.496 e. The van der Waals surface area contributed by atoms with E-state index < -0.39 is 5.24 Å². The Morgan fingerprint density at radius 3 is 2.25 bits per heavy atom. The van der Waals surface area contributed by atoms with E-state index in [0.29, 0.717) is 17.1 Å². The highest BCUT2D eigenvalue weighted by atomic mass is 35.5. The van der Waals surface area contributed by atoms with Gasteiger partial charge in [0.15, 0.2) is 0 Å². The number of hydrogen-bond acceptors (Lipinski definition) is 3. The Bertz CT molecular complexity index is 399. The van der Waals surface area contributed by atoms with Gasteiger partial charge in [0.2, 0.25) is 0 Å². The smallest absolute Gasteiger partial charge is 0.256 e. The molecule has 0 saturated carbocycles. The SMILES string of the molecule is COc1ccc(C(=O)Cl)c(OC)c1C(C)C. The summed E-state index contributed by atoms with van der Waals surface area (Å²) >= 11 is 5.50. The molecule has 0 spiro atoms. The molecule has 3 nitrogen and oxygen atoms in total. The molecule has 0 aliphatic rings. The van der Waals surface area contributed by atoms with Crippen molar-refractivity contribution in [3.8, 4) is 11.5 Å². The van der Waals surface area contributed by atoms with E-state index in [0.717, 1.165) is 5.56 Å². The van der Waals surface area contributed by atoms with Gasteiger partial charge in [0, 0.05) is 5.56 Å². The molecule has 0 aliphatic carbocycles. The monoisotopic (exact) mass is 242 g/mol. The topological polar surface area (TPSA) is 35.5 Å². The van der Waals surface area contributed by atoms with Gasteiger partial charge in [-0.2, -0.15) is 0 Å². The van der Waals surface area contributed by atoms with Gasteiger partial charge >= 0.3 is 0 Å². The molecule has 88 valence electrons. The fraction of sp³-hybridized carbons (Fsp3) is 0.417. The molecule has 0 aromatic heterocycles. The maximum absolute atomic E-state index is 11.2. The van der Waals surface area contributed by atoms with Crippen molar-refractivity contribution in [2.45, 2.75) is 19.8 Å². The average molecular weight is 243 g/mol. The van der Waals surface area contributed by atoms with Gasteiger partial charge in [-0.3, -0.25) is 4.79 Å². The van der Waals surface area contributed by atoms with Crippen LogP contribution in [0.3, 0.4) is 0 Å². The van der Waals surface area contributed by atoms with E-state index in [4.69, 9.17) is 21.1 Å². The molecule has 0 fully saturated rings. The van der Waals surface area contributed by atoms with Crippen LogP contribution in [-0.4, -0.2) is 19.5 Å². The Labute approximate surface area is 100 Å². The molecule has 4 heteroatoms. The predicted molar refractivity (Wildman–Crippen MR) is 63.8 cm³/mol. The van der Waals surface area contributed by atoms with Gasteiger partial charge < -0.3 is 9.47 Å². The van der Waals surface area contributed by atoms with Crippen molar-refractivity contribution in [2.24, 2.45) is 0 Å². The summed E-state index contributed by atoms with van der Waals surface area (Å²) in [6.07, 6.45) is 0. The minimum Gasteiger partial charge on any atom is -0.496 e. The molecule has 0 heterocycles. The van der Waals surface area contributed by atoms with Crippen LogP contribution in [0.4, 0.5) is 0 Å². The second-order valence-electron chi connectivity index (χ2n) is 3.69. The summed E-state index contributed by atoms with van der Waals surface area (Å²) in [7, 11) is 3.10. The molecule has 0 radical (unpaired) electrons. The van der Waals surface area contributed by atoms with Crippen LogP contribution in [0.5, 0.6) is 11.5 Å². The molecule has 0 bridgehead atoms. The van der Waals surface area contributed by atoms with E-state index in [9.17, 15) is 4.79 Å². The van der Waals surface area contributed by atoms with Crippen LogP contribution in [0.15, 0.2) is 12.1 Å². The van der Waals surface area contributed by atoms with Gasteiger partial charge in [0.25, 0.3) is 5.24 Å². The van der Waals surface area contributed by atoms with E-state index in [1.54, 1.807) is 19.2 Å². The lowest BCUT2D eigenvalue weighted by atomic mass is 9.98. The third-order valence-electron chi connectivity index (χ3n) is 2.37. The molecule has 16 heavy (non-hydrogen) atoms. The molecular formula is C12H15ClO3. The van der Waals surface area contributed by atoms with Crippen molar-refractivity contribution in [3.05, 3.63) is 23.3 Å². The first-order valence-corrected chi connectivity index (χ1v) is 5.35. The Kier molecular flexibility index (Phi) is 4.19. The number of benzene rings is 1. The highest BCUT2D eigenvalue weighted by molar-refractivity contribution is 6.68. The van der Waals surface area contributed by atoms with Crippen molar-refractivity contribution in [1.82, 2.24) is 0 Å². The number of carbonyl (C=O) groups is 1. The molecule has 0 amide bonds. The first-order valence-electron chi connectivity index (χ1n) is 4.97. The van der Waals surface area contributed by atoms with Crippen LogP contribution in [-0.2, 0) is 0 Å². The molecule has 1 aromatic carbocycles. The summed E-state index contributed by atoms with van der Waals surface area (Å²) in [6.45, 7) is 4.01. The van der Waals surface area contributed by atoms with Crippen molar-refractivity contribution in [2.75, 3.05) is 14.2 Å². The van der Waals surface area contributed by atoms with E-state index >= 15 is 0 Å². The lowest BCUT2D eigenvalue weighted by molar-refractivity contribution is 0.107. The highest BCUT2D eigenvalue weighted by Crippen LogP contribution is 2.38. The zero-order valence-corrected chi connectivity index (χ0v) is 10.6. The second kappa shape index (κ2) is 5.21. The van der Waals surface area contributed by atoms with Gasteiger partial charge in [-0.15, -0.1) is 0 Å². The summed E-state index contributed by atoms with van der Waals surface area (Å²) in [6, 6.07) is 3.34. The number of ether oxygens (including phenoxy) is 2. The fourth-order valence-electron chi connectivity index (χ4n) is 1.68. The van der Waals surface area contributed by atoms with Crippen LogP contribution in [0.25, 0.3) is 0 Å². The first-order chi connectivity index (χ1) is 7.52. The fourth-order valence-corrected chi connectivity index (χ4v) is 1.83. The van der Waals surface area contributed by atoms with Crippen LogP contribution >= 0.6 is 11.6 Å². The molecular weight excluding hydrogens is 228 g/mol. The highest BCUT2D eigenvalue weighted by Gasteiger charge is 2.20. The molecule has 0 saturated heterocycles. The quantitative estimate of drug-likeness (QED) is 0.761. The Hall–Kier alpha value is -1.22. The van der Waals surface area contributed by atoms with Crippen LogP contribution in [0.2, 0.25) is 0 Å². The van der Waals surface area contributed by atoms with Crippen molar-refractivity contribution >= 4 is 16.8 Å². The summed E-state index contributed by atoms with van der Waals surface area (Å²) in [5.41, 5.74) is 1.23. The van der Waals surface area contributed by atoms with Gasteiger partial charge in [0.1, 0.15) is 11.5 Å². The van der Waals surface area contributed by atoms with Crippen molar-refractivity contribution in [3.63, 3.8) is 0 Å². The number of methoxy groups -OCH3 is 2. The standard InChI is InChI=1S/C12H15ClO3/c1-7(2)10-9(15-3)6-5-8(12(13)14)11(10)16-4/h5-7H,1-4H3. The minimum absolute atomic E-state index is 0.181. The number of rotatable bonds is 4. The number of carbonyl (C=O) groups excluding carboxylic acids is 1. The Morgan fingerprint density at radius 1 is 1.25 bits per heavy atom. The van der Waals surface area contributed by atoms with Gasteiger partial charge in [-0.1, -0.05) is 13.8 Å². The summed E-state index contributed by atoms with van der Waals surface area (Å²) in [4.78, 5) is 11.2. The summed E-state index contributed by atoms with van der Waals surface area (Å²) in [5, 5.41) is -0.526. The number of halogens is 1. The molecule has 0 unspecified atom stereocenters. The average Bonchev–Trinajstić information content (AvgIpc) is 2.26. The molecule has 0 N–H and O–H groups in total. The Balaban J connectivity index is 3.49. The molecule has 1 rings (SSSR count). The first kappa shape index (κ1) is 12.8. The van der Waals surface area contributed by atoms with Gasteiger partial charge in [-0.25, -0.2) is 0 Å². The zero-order valence-electron chi connectivity index (χ0n) is 9.83. The number of hydrogen-bond donors (Lipinski definition) is 0. The third-order valence-corrected chi connectivity index (χ3v) is 2.57. The Morgan fingerprint density at radius 2 is 1.88 bits per heavy atom. The van der Waals surface area contributed by atoms with Crippen LogP contribution < -0.4 is 9.47 Å². The van der Waals surface area contributed by atoms with Crippen LogP contribution in [0, 0.1) is 0 Å². The third kappa shape index (κ3) is 2.30. The minimum atomic E-state index is -0.526. The zero-order chi connectivity index (χ0) is 12.3. The summed E-state index contributed by atoms with van der Waals surface area (Å²) in [5.74, 6) is 1.38. The van der Waals surface area contributed by atoms with E-state index in [1.165, 1.54) is 7.11 Å². The van der Waals surface area contributed by atoms with E-state index in [-0.39, 0.29) is 5.92 Å². The van der Waals surface area contributed by atoms with E-state index in [2.05, 4.69) is 0 Å². The second-order valence-corrected chi connectivity index (χ2v) is 4.03. The maximum atomic E-state index is 11.2. The van der Waals surface area contributed by atoms with Gasteiger partial charge in [-0.05, 0) is 29.7 Å². The molecule has 0 aliphatic heterocycles. The van der Waals surface area contributed by atoms with Crippen LogP contribution in [0.1, 0.15) is 35.7 Å². The lowest BCUT2D eigenvalue weighted by Gasteiger charge is -2.17. The maximum Gasteiger partial charge on any atom is 0.256 e. The van der Waals surface area contributed by atoms with Crippen molar-refractivity contribution < 1.29 is 14.3 Å². The van der Waals surface area contributed by atoms with E-state index in [1.807, 2.05) is 13.8 Å². The normalized spacial score (nSPS) is 10.4.